The molecule has 0 saturated carbocycles. The number of hydrogen-bond donors (Lipinski definition) is 3. The smallest absolute Gasteiger partial charge is 0.321 e. The summed E-state index contributed by atoms with van der Waals surface area (Å²) in [7, 11) is 0. The number of nitrogens with one attached hydrogen (secondary N) is 2. The highest BCUT2D eigenvalue weighted by molar-refractivity contribution is 6.35. The molecule has 0 saturated heterocycles. The van der Waals surface area contributed by atoms with Crippen LogP contribution < -0.4 is 10.1 Å². The van der Waals surface area contributed by atoms with E-state index < -0.39 is 12.0 Å². The van der Waals surface area contributed by atoms with Crippen molar-refractivity contribution in [2.75, 3.05) is 6.61 Å². The summed E-state index contributed by atoms with van der Waals surface area (Å²) >= 11 is 12.4. The van der Waals surface area contributed by atoms with E-state index in [1.165, 1.54) is 0 Å². The van der Waals surface area contributed by atoms with Crippen LogP contribution in [0.1, 0.15) is 24.5 Å². The van der Waals surface area contributed by atoms with Gasteiger partial charge in [-0.1, -0.05) is 48.3 Å². The summed E-state index contributed by atoms with van der Waals surface area (Å²) in [5, 5.41) is 14.7. The number of aromatic amines is 1. The molecule has 1 heterocycles. The zero-order valence-electron chi connectivity index (χ0n) is 15.5. The van der Waals surface area contributed by atoms with E-state index in [-0.39, 0.29) is 6.54 Å². The fourth-order valence-electron chi connectivity index (χ4n) is 3.11. The molecule has 2 aromatic carbocycles. The summed E-state index contributed by atoms with van der Waals surface area (Å²) in [5.74, 6) is -0.383. The molecule has 1 aromatic heterocycles. The monoisotopic (exact) mass is 420 g/mol. The zero-order chi connectivity index (χ0) is 20.1. The van der Waals surface area contributed by atoms with Crippen LogP contribution in [0.15, 0.2) is 42.6 Å². The zero-order valence-corrected chi connectivity index (χ0v) is 17.0. The first kappa shape index (κ1) is 20.5. The minimum absolute atomic E-state index is 0.276. The Labute approximate surface area is 173 Å². The van der Waals surface area contributed by atoms with Gasteiger partial charge in [-0.2, -0.15) is 0 Å². The lowest BCUT2D eigenvalue weighted by molar-refractivity contribution is -0.139. The number of benzene rings is 2. The minimum Gasteiger partial charge on any atom is -0.492 e. The predicted octanol–water partition coefficient (Wildman–Crippen LogP) is 5.05. The number of hydrogen-bond acceptors (Lipinski definition) is 3. The van der Waals surface area contributed by atoms with Crippen LogP contribution in [0.3, 0.4) is 0 Å². The standard InChI is InChI=1S/C21H22Cl2N2O3/c1-2-7-28-20-14(8-15(22)10-17(20)23)12-25-19(21(26)27)9-13-11-24-18-6-4-3-5-16(13)18/h3-6,8,10-11,19,24-25H,2,7,9,12H2,1H3,(H,26,27)/t19-/m0/s1. The average molecular weight is 421 g/mol. The molecule has 3 rings (SSSR count). The van der Waals surface area contributed by atoms with E-state index in [1.807, 2.05) is 37.4 Å². The molecular weight excluding hydrogens is 399 g/mol. The van der Waals surface area contributed by atoms with Crippen molar-refractivity contribution in [2.24, 2.45) is 0 Å². The maximum absolute atomic E-state index is 11.8. The van der Waals surface area contributed by atoms with Crippen molar-refractivity contribution in [1.29, 1.82) is 0 Å². The number of carboxylic acid groups (broad SMARTS) is 1. The molecule has 3 aromatic rings. The first-order valence-electron chi connectivity index (χ1n) is 9.11. The van der Waals surface area contributed by atoms with Crippen molar-refractivity contribution >= 4 is 40.1 Å². The van der Waals surface area contributed by atoms with E-state index in [4.69, 9.17) is 27.9 Å². The highest BCUT2D eigenvalue weighted by atomic mass is 35.5. The Morgan fingerprint density at radius 2 is 2.04 bits per heavy atom. The Morgan fingerprint density at radius 3 is 2.79 bits per heavy atom. The lowest BCUT2D eigenvalue weighted by Gasteiger charge is -2.17. The van der Waals surface area contributed by atoms with Crippen molar-refractivity contribution in [3.63, 3.8) is 0 Å². The third kappa shape index (κ3) is 4.79. The Morgan fingerprint density at radius 1 is 1.25 bits per heavy atom. The van der Waals surface area contributed by atoms with Crippen molar-refractivity contribution < 1.29 is 14.6 Å². The fraction of sp³-hybridized carbons (Fsp3) is 0.286. The van der Waals surface area contributed by atoms with Gasteiger partial charge in [0.15, 0.2) is 0 Å². The third-order valence-corrected chi connectivity index (χ3v) is 4.97. The molecule has 0 bridgehead atoms. The van der Waals surface area contributed by atoms with E-state index in [0.717, 1.165) is 28.5 Å². The number of rotatable bonds is 9. The minimum atomic E-state index is -0.922. The topological polar surface area (TPSA) is 74.3 Å². The maximum atomic E-state index is 11.8. The summed E-state index contributed by atoms with van der Waals surface area (Å²) < 4.78 is 5.75. The van der Waals surface area contributed by atoms with E-state index in [9.17, 15) is 9.90 Å². The van der Waals surface area contributed by atoms with Gasteiger partial charge in [0.25, 0.3) is 0 Å². The molecule has 0 aliphatic carbocycles. The molecule has 5 nitrogen and oxygen atoms in total. The van der Waals surface area contributed by atoms with E-state index in [0.29, 0.717) is 28.8 Å². The van der Waals surface area contributed by atoms with Crippen LogP contribution in [0.5, 0.6) is 5.75 Å². The number of carbonyl (C=O) groups is 1. The van der Waals surface area contributed by atoms with Gasteiger partial charge in [-0.3, -0.25) is 10.1 Å². The maximum Gasteiger partial charge on any atom is 0.321 e. The Balaban J connectivity index is 1.78. The number of fused-ring (bicyclic) bond motifs is 1. The van der Waals surface area contributed by atoms with Gasteiger partial charge in [0.1, 0.15) is 11.8 Å². The van der Waals surface area contributed by atoms with Crippen molar-refractivity contribution in [1.82, 2.24) is 10.3 Å². The lowest BCUT2D eigenvalue weighted by atomic mass is 10.0. The number of carboxylic acids is 1. The van der Waals surface area contributed by atoms with Gasteiger partial charge in [0.05, 0.1) is 11.6 Å². The van der Waals surface area contributed by atoms with Gasteiger partial charge in [-0.15, -0.1) is 0 Å². The first-order valence-corrected chi connectivity index (χ1v) is 9.87. The highest BCUT2D eigenvalue weighted by Gasteiger charge is 2.20. The molecule has 28 heavy (non-hydrogen) atoms. The SMILES string of the molecule is CCCOc1c(Cl)cc(Cl)cc1CN[C@@H](Cc1c[nH]c2ccccc12)C(=O)O. The normalized spacial score (nSPS) is 12.2. The Bertz CT molecular complexity index is 971. The van der Waals surface area contributed by atoms with Crippen LogP contribution in [0.2, 0.25) is 10.0 Å². The summed E-state index contributed by atoms with van der Waals surface area (Å²) in [4.78, 5) is 15.0. The van der Waals surface area contributed by atoms with E-state index in [1.54, 1.807) is 12.1 Å². The largest absolute Gasteiger partial charge is 0.492 e. The number of H-pyrrole nitrogens is 1. The molecule has 0 aliphatic heterocycles. The molecule has 3 N–H and O–H groups in total. The molecule has 0 amide bonds. The fourth-order valence-corrected chi connectivity index (χ4v) is 3.70. The molecule has 1 atom stereocenters. The first-order chi connectivity index (χ1) is 13.5. The molecule has 0 unspecified atom stereocenters. The van der Waals surface area contributed by atoms with Crippen molar-refractivity contribution in [2.45, 2.75) is 32.4 Å². The van der Waals surface area contributed by atoms with Crippen LogP contribution in [0.4, 0.5) is 0 Å². The van der Waals surface area contributed by atoms with Crippen LogP contribution in [-0.4, -0.2) is 28.7 Å². The summed E-state index contributed by atoms with van der Waals surface area (Å²) in [6.45, 7) is 2.80. The number of para-hydroxylation sites is 1. The second-order valence-corrected chi connectivity index (χ2v) is 7.40. The van der Waals surface area contributed by atoms with Gasteiger partial charge >= 0.3 is 5.97 Å². The van der Waals surface area contributed by atoms with E-state index in [2.05, 4.69) is 10.3 Å². The number of ether oxygens (including phenoxy) is 1. The molecular formula is C21H22Cl2N2O3. The lowest BCUT2D eigenvalue weighted by Crippen LogP contribution is -2.38. The van der Waals surface area contributed by atoms with Gasteiger partial charge in [-0.05, 0) is 30.2 Å². The van der Waals surface area contributed by atoms with Crippen LogP contribution >= 0.6 is 23.2 Å². The van der Waals surface area contributed by atoms with Gasteiger partial charge in [-0.25, -0.2) is 0 Å². The Kier molecular flexibility index (Phi) is 6.83. The Hall–Kier alpha value is -2.21. The van der Waals surface area contributed by atoms with Crippen LogP contribution in [0.25, 0.3) is 10.9 Å². The molecule has 0 spiro atoms. The van der Waals surface area contributed by atoms with Gasteiger partial charge in [0.2, 0.25) is 0 Å². The van der Waals surface area contributed by atoms with Crippen molar-refractivity contribution in [3.8, 4) is 5.75 Å². The van der Waals surface area contributed by atoms with Crippen molar-refractivity contribution in [3.05, 3.63) is 63.8 Å². The second-order valence-electron chi connectivity index (χ2n) is 6.56. The predicted molar refractivity (Wildman–Crippen MR) is 113 cm³/mol. The number of aliphatic carboxylic acids is 1. The highest BCUT2D eigenvalue weighted by Crippen LogP contribution is 2.32. The van der Waals surface area contributed by atoms with Crippen LogP contribution in [-0.2, 0) is 17.8 Å². The van der Waals surface area contributed by atoms with E-state index >= 15 is 0 Å². The molecule has 0 fully saturated rings. The van der Waals surface area contributed by atoms with Gasteiger partial charge in [0, 0.05) is 40.7 Å². The van der Waals surface area contributed by atoms with Gasteiger partial charge < -0.3 is 14.8 Å². The molecule has 0 aliphatic rings. The summed E-state index contributed by atoms with van der Waals surface area (Å²) in [6, 6.07) is 10.4. The third-order valence-electron chi connectivity index (χ3n) is 4.47. The molecule has 7 heteroatoms. The molecule has 148 valence electrons. The summed E-state index contributed by atoms with van der Waals surface area (Å²) in [6.07, 6.45) is 3.04. The second kappa shape index (κ2) is 9.32. The summed E-state index contributed by atoms with van der Waals surface area (Å²) in [5.41, 5.74) is 2.66. The van der Waals surface area contributed by atoms with Crippen LogP contribution in [0, 0.1) is 0 Å². The number of aromatic nitrogens is 1. The quantitative estimate of drug-likeness (QED) is 0.452. The average Bonchev–Trinajstić information content (AvgIpc) is 3.07. The molecule has 0 radical (unpaired) electrons. The number of halogens is 2.